The Labute approximate surface area is 164 Å². The zero-order valence-electron chi connectivity index (χ0n) is 16.0. The monoisotopic (exact) mass is 373 g/mol. The Morgan fingerprint density at radius 1 is 0.857 bits per heavy atom. The van der Waals surface area contributed by atoms with Crippen molar-refractivity contribution < 1.29 is 9.59 Å². The molecule has 1 heterocycles. The van der Waals surface area contributed by atoms with E-state index in [9.17, 15) is 9.59 Å². The van der Waals surface area contributed by atoms with Gasteiger partial charge in [0.25, 0.3) is 11.8 Å². The maximum absolute atomic E-state index is 12.6. The molecule has 0 aliphatic heterocycles. The SMILES string of the molecule is Cc1ccc(C)n1-c1ccc(C(=O)Nc2cccc(C(=O)NC3CC3)c2)cc1. The molecule has 28 heavy (non-hydrogen) atoms. The molecular formula is C23H23N3O2. The zero-order valence-corrected chi connectivity index (χ0v) is 16.0. The molecule has 5 nitrogen and oxygen atoms in total. The van der Waals surface area contributed by atoms with Gasteiger partial charge >= 0.3 is 0 Å². The van der Waals surface area contributed by atoms with Gasteiger partial charge in [0.2, 0.25) is 0 Å². The van der Waals surface area contributed by atoms with Crippen molar-refractivity contribution in [3.8, 4) is 5.69 Å². The van der Waals surface area contributed by atoms with E-state index in [-0.39, 0.29) is 11.8 Å². The lowest BCUT2D eigenvalue weighted by Crippen LogP contribution is -2.25. The summed E-state index contributed by atoms with van der Waals surface area (Å²) < 4.78 is 2.14. The van der Waals surface area contributed by atoms with Crippen LogP contribution in [-0.4, -0.2) is 22.4 Å². The molecule has 2 amide bonds. The van der Waals surface area contributed by atoms with Gasteiger partial charge in [-0.05, 0) is 81.3 Å². The third-order valence-corrected chi connectivity index (χ3v) is 4.95. The third kappa shape index (κ3) is 3.83. The number of hydrogen-bond donors (Lipinski definition) is 2. The number of aryl methyl sites for hydroxylation is 2. The molecule has 2 N–H and O–H groups in total. The van der Waals surface area contributed by atoms with Gasteiger partial charge in [0.1, 0.15) is 0 Å². The number of amides is 2. The van der Waals surface area contributed by atoms with Crippen LogP contribution in [0.25, 0.3) is 5.69 Å². The number of hydrogen-bond acceptors (Lipinski definition) is 2. The number of carbonyl (C=O) groups is 2. The Morgan fingerprint density at radius 3 is 2.18 bits per heavy atom. The Morgan fingerprint density at radius 2 is 1.54 bits per heavy atom. The van der Waals surface area contributed by atoms with Crippen LogP contribution in [0.3, 0.4) is 0 Å². The standard InChI is InChI=1S/C23H23N3O2/c1-15-6-7-16(2)26(15)21-12-8-17(9-13-21)22(27)25-20-5-3-4-18(14-20)23(28)24-19-10-11-19/h3-9,12-14,19H,10-11H2,1-2H3,(H,24,28)(H,25,27). The van der Waals surface area contributed by atoms with Gasteiger partial charge in [-0.2, -0.15) is 0 Å². The fourth-order valence-electron chi connectivity index (χ4n) is 3.28. The van der Waals surface area contributed by atoms with Crippen molar-refractivity contribution in [2.24, 2.45) is 0 Å². The molecule has 0 radical (unpaired) electrons. The number of nitrogens with zero attached hydrogens (tertiary/aromatic N) is 1. The van der Waals surface area contributed by atoms with E-state index in [4.69, 9.17) is 0 Å². The number of nitrogens with one attached hydrogen (secondary N) is 2. The van der Waals surface area contributed by atoms with Gasteiger partial charge in [0.15, 0.2) is 0 Å². The van der Waals surface area contributed by atoms with Crippen molar-refractivity contribution in [1.82, 2.24) is 9.88 Å². The molecule has 0 bridgehead atoms. The first kappa shape index (κ1) is 18.0. The van der Waals surface area contributed by atoms with Crippen LogP contribution < -0.4 is 10.6 Å². The molecule has 1 aliphatic rings. The van der Waals surface area contributed by atoms with E-state index < -0.39 is 0 Å². The van der Waals surface area contributed by atoms with Crippen LogP contribution in [0.5, 0.6) is 0 Å². The van der Waals surface area contributed by atoms with E-state index in [2.05, 4.69) is 41.2 Å². The summed E-state index contributed by atoms with van der Waals surface area (Å²) in [4.78, 5) is 24.8. The predicted octanol–water partition coefficient (Wildman–Crippen LogP) is 4.24. The molecule has 1 fully saturated rings. The third-order valence-electron chi connectivity index (χ3n) is 4.95. The summed E-state index contributed by atoms with van der Waals surface area (Å²) in [6.45, 7) is 4.11. The maximum Gasteiger partial charge on any atom is 0.255 e. The van der Waals surface area contributed by atoms with E-state index in [1.165, 1.54) is 0 Å². The number of benzene rings is 2. The fourth-order valence-corrected chi connectivity index (χ4v) is 3.28. The first-order valence-electron chi connectivity index (χ1n) is 9.49. The lowest BCUT2D eigenvalue weighted by atomic mass is 10.1. The van der Waals surface area contributed by atoms with Crippen LogP contribution in [0.15, 0.2) is 60.7 Å². The van der Waals surface area contributed by atoms with Gasteiger partial charge in [-0.3, -0.25) is 9.59 Å². The van der Waals surface area contributed by atoms with Crippen molar-refractivity contribution >= 4 is 17.5 Å². The highest BCUT2D eigenvalue weighted by Gasteiger charge is 2.23. The summed E-state index contributed by atoms with van der Waals surface area (Å²) in [5.74, 6) is -0.298. The van der Waals surface area contributed by atoms with Crippen LogP contribution in [0.1, 0.15) is 44.9 Å². The van der Waals surface area contributed by atoms with Crippen molar-refractivity contribution in [2.75, 3.05) is 5.32 Å². The van der Waals surface area contributed by atoms with E-state index in [1.807, 2.05) is 24.3 Å². The summed E-state index contributed by atoms with van der Waals surface area (Å²) >= 11 is 0. The quantitative estimate of drug-likeness (QED) is 0.703. The largest absolute Gasteiger partial charge is 0.349 e. The molecule has 1 saturated carbocycles. The van der Waals surface area contributed by atoms with Crippen LogP contribution in [-0.2, 0) is 0 Å². The predicted molar refractivity (Wildman–Crippen MR) is 110 cm³/mol. The molecule has 0 unspecified atom stereocenters. The number of anilines is 1. The van der Waals surface area contributed by atoms with E-state index in [1.54, 1.807) is 24.3 Å². The van der Waals surface area contributed by atoms with E-state index in [0.717, 1.165) is 29.9 Å². The Kier molecular flexibility index (Phi) is 4.74. The average Bonchev–Trinajstić information content (AvgIpc) is 3.45. The minimum atomic E-state index is -0.202. The maximum atomic E-state index is 12.6. The summed E-state index contributed by atoms with van der Waals surface area (Å²) in [7, 11) is 0. The van der Waals surface area contributed by atoms with Crippen LogP contribution >= 0.6 is 0 Å². The second-order valence-electron chi connectivity index (χ2n) is 7.28. The van der Waals surface area contributed by atoms with Gasteiger partial charge in [-0.1, -0.05) is 6.07 Å². The topological polar surface area (TPSA) is 63.1 Å². The van der Waals surface area contributed by atoms with Crippen LogP contribution in [0.2, 0.25) is 0 Å². The van der Waals surface area contributed by atoms with Crippen molar-refractivity contribution in [2.45, 2.75) is 32.7 Å². The smallest absolute Gasteiger partial charge is 0.255 e. The van der Waals surface area contributed by atoms with Gasteiger partial charge in [0.05, 0.1) is 0 Å². The minimum absolute atomic E-state index is 0.0968. The molecule has 4 rings (SSSR count). The molecular weight excluding hydrogens is 350 g/mol. The molecule has 5 heteroatoms. The Hall–Kier alpha value is -3.34. The molecule has 2 aromatic carbocycles. The first-order chi connectivity index (χ1) is 13.5. The number of rotatable bonds is 5. The highest BCUT2D eigenvalue weighted by molar-refractivity contribution is 6.05. The molecule has 0 spiro atoms. The Balaban J connectivity index is 1.47. The summed E-state index contributed by atoms with van der Waals surface area (Å²) in [5, 5.41) is 5.83. The van der Waals surface area contributed by atoms with E-state index >= 15 is 0 Å². The molecule has 1 aromatic heterocycles. The zero-order chi connectivity index (χ0) is 19.7. The van der Waals surface area contributed by atoms with Gasteiger partial charge in [-0.25, -0.2) is 0 Å². The highest BCUT2D eigenvalue weighted by atomic mass is 16.2. The second-order valence-corrected chi connectivity index (χ2v) is 7.28. The first-order valence-corrected chi connectivity index (χ1v) is 9.49. The second kappa shape index (κ2) is 7.35. The number of carbonyl (C=O) groups excluding carboxylic acids is 2. The van der Waals surface area contributed by atoms with Crippen LogP contribution in [0.4, 0.5) is 5.69 Å². The molecule has 1 aliphatic carbocycles. The van der Waals surface area contributed by atoms with Gasteiger partial charge in [-0.15, -0.1) is 0 Å². The van der Waals surface area contributed by atoms with Gasteiger partial charge in [0, 0.05) is 39.9 Å². The molecule has 142 valence electrons. The average molecular weight is 373 g/mol. The highest BCUT2D eigenvalue weighted by Crippen LogP contribution is 2.21. The lowest BCUT2D eigenvalue weighted by Gasteiger charge is -2.11. The molecule has 0 atom stereocenters. The number of aromatic nitrogens is 1. The summed E-state index contributed by atoms with van der Waals surface area (Å²) in [6.07, 6.45) is 2.08. The van der Waals surface area contributed by atoms with Crippen LogP contribution in [0, 0.1) is 13.8 Å². The van der Waals surface area contributed by atoms with Crippen molar-refractivity contribution in [1.29, 1.82) is 0 Å². The minimum Gasteiger partial charge on any atom is -0.349 e. The lowest BCUT2D eigenvalue weighted by molar-refractivity contribution is 0.0949. The fraction of sp³-hybridized carbons (Fsp3) is 0.217. The van der Waals surface area contributed by atoms with Gasteiger partial charge < -0.3 is 15.2 Å². The molecule has 3 aromatic rings. The van der Waals surface area contributed by atoms with Crippen molar-refractivity contribution in [3.05, 3.63) is 83.2 Å². The summed E-state index contributed by atoms with van der Waals surface area (Å²) in [5.41, 5.74) is 5.05. The normalized spacial score (nSPS) is 13.2. The summed E-state index contributed by atoms with van der Waals surface area (Å²) in [6, 6.07) is 19.0. The van der Waals surface area contributed by atoms with Crippen molar-refractivity contribution in [3.63, 3.8) is 0 Å². The molecule has 0 saturated heterocycles. The van der Waals surface area contributed by atoms with E-state index in [0.29, 0.717) is 22.9 Å². The Bertz CT molecular complexity index is 1010.